The van der Waals surface area contributed by atoms with Crippen molar-refractivity contribution in [3.05, 3.63) is 99.4 Å². The van der Waals surface area contributed by atoms with Crippen LogP contribution in [0.3, 0.4) is 0 Å². The van der Waals surface area contributed by atoms with E-state index < -0.39 is 5.97 Å². The lowest BCUT2D eigenvalue weighted by atomic mass is 10.0. The molecule has 1 aromatic heterocycles. The van der Waals surface area contributed by atoms with E-state index in [1.54, 1.807) is 6.07 Å². The predicted molar refractivity (Wildman–Crippen MR) is 122 cm³/mol. The highest BCUT2D eigenvalue weighted by Gasteiger charge is 2.20. The van der Waals surface area contributed by atoms with Crippen LogP contribution in [-0.2, 0) is 6.42 Å². The van der Waals surface area contributed by atoms with Crippen LogP contribution in [0.5, 0.6) is 0 Å². The number of carboxylic acids is 1. The van der Waals surface area contributed by atoms with E-state index in [2.05, 4.69) is 36.5 Å². The van der Waals surface area contributed by atoms with Gasteiger partial charge in [-0.05, 0) is 60.5 Å². The lowest BCUT2D eigenvalue weighted by Crippen LogP contribution is -2.14. The topological polar surface area (TPSA) is 66.4 Å². The number of carboxylic acid groups (broad SMARTS) is 1. The van der Waals surface area contributed by atoms with E-state index in [0.717, 1.165) is 26.8 Å². The number of hydrogen-bond donors (Lipinski definition) is 2. The molecule has 4 aromatic rings. The van der Waals surface area contributed by atoms with Crippen molar-refractivity contribution in [2.24, 2.45) is 0 Å². The Balaban J connectivity index is 1.73. The Hall–Kier alpha value is -3.44. The summed E-state index contributed by atoms with van der Waals surface area (Å²) >= 11 is 1.46. The van der Waals surface area contributed by atoms with Gasteiger partial charge in [-0.15, -0.1) is 11.3 Å². The molecule has 0 unspecified atom stereocenters. The van der Waals surface area contributed by atoms with Gasteiger partial charge >= 0.3 is 5.97 Å². The third kappa shape index (κ3) is 3.98. The van der Waals surface area contributed by atoms with Crippen molar-refractivity contribution in [2.75, 3.05) is 5.32 Å². The molecule has 1 amide bonds. The molecule has 0 bridgehead atoms. The molecule has 0 radical (unpaired) electrons. The Labute approximate surface area is 178 Å². The summed E-state index contributed by atoms with van der Waals surface area (Å²) in [7, 11) is 0. The first kappa shape index (κ1) is 19.9. The Morgan fingerprint density at radius 3 is 2.43 bits per heavy atom. The lowest BCUT2D eigenvalue weighted by molar-refractivity contribution is 0.0696. The molecule has 0 saturated carbocycles. The van der Waals surface area contributed by atoms with Gasteiger partial charge in [0.1, 0.15) is 0 Å². The molecule has 5 heteroatoms. The fraction of sp³-hybridized carbons (Fsp3) is 0.120. The van der Waals surface area contributed by atoms with Crippen molar-refractivity contribution in [2.45, 2.75) is 20.3 Å². The number of benzene rings is 3. The number of carbonyl (C=O) groups is 2. The van der Waals surface area contributed by atoms with Crippen LogP contribution >= 0.6 is 11.3 Å². The Morgan fingerprint density at radius 1 is 0.967 bits per heavy atom. The summed E-state index contributed by atoms with van der Waals surface area (Å²) in [4.78, 5) is 25.2. The van der Waals surface area contributed by atoms with Gasteiger partial charge < -0.3 is 10.4 Å². The second-order valence-electron chi connectivity index (χ2n) is 7.36. The molecule has 0 aliphatic rings. The Kier molecular flexibility index (Phi) is 5.38. The van der Waals surface area contributed by atoms with Crippen molar-refractivity contribution in [3.63, 3.8) is 0 Å². The number of thiophene rings is 1. The number of rotatable bonds is 5. The van der Waals surface area contributed by atoms with E-state index in [9.17, 15) is 14.7 Å². The molecule has 2 N–H and O–H groups in total. The summed E-state index contributed by atoms with van der Waals surface area (Å²) in [6, 6.07) is 21.1. The van der Waals surface area contributed by atoms with E-state index in [1.807, 2.05) is 31.2 Å². The maximum Gasteiger partial charge on any atom is 0.335 e. The molecule has 4 rings (SSSR count). The normalized spacial score (nSPS) is 10.9. The summed E-state index contributed by atoms with van der Waals surface area (Å²) in [6.45, 7) is 3.90. The number of fused-ring (bicyclic) bond motifs is 1. The molecule has 1 heterocycles. The summed E-state index contributed by atoms with van der Waals surface area (Å²) in [6.07, 6.45) is 0.654. The zero-order chi connectivity index (χ0) is 21.3. The molecule has 0 aliphatic heterocycles. The SMILES string of the molecule is Cc1ccc(Cc2c(C(=O)Nc3cc(C(=O)O)ccc3C)sc3ccccc23)cc1. The smallest absolute Gasteiger partial charge is 0.335 e. The highest BCUT2D eigenvalue weighted by Crippen LogP contribution is 2.34. The largest absolute Gasteiger partial charge is 0.478 e. The zero-order valence-corrected chi connectivity index (χ0v) is 17.5. The maximum atomic E-state index is 13.2. The van der Waals surface area contributed by atoms with Crippen LogP contribution in [0.1, 0.15) is 42.3 Å². The average molecular weight is 416 g/mol. The first-order valence-electron chi connectivity index (χ1n) is 9.63. The molecular weight excluding hydrogens is 394 g/mol. The molecule has 0 saturated heterocycles. The van der Waals surface area contributed by atoms with E-state index in [0.29, 0.717) is 17.0 Å². The van der Waals surface area contributed by atoms with Crippen LogP contribution in [-0.4, -0.2) is 17.0 Å². The molecule has 0 spiro atoms. The van der Waals surface area contributed by atoms with Gasteiger partial charge in [-0.2, -0.15) is 0 Å². The van der Waals surface area contributed by atoms with Gasteiger partial charge in [0.25, 0.3) is 5.91 Å². The van der Waals surface area contributed by atoms with Crippen LogP contribution in [0.4, 0.5) is 5.69 Å². The van der Waals surface area contributed by atoms with Gasteiger partial charge in [-0.3, -0.25) is 4.79 Å². The van der Waals surface area contributed by atoms with Crippen LogP contribution in [0, 0.1) is 13.8 Å². The molecule has 0 fully saturated rings. The van der Waals surface area contributed by atoms with Crippen LogP contribution in [0.2, 0.25) is 0 Å². The second kappa shape index (κ2) is 8.13. The summed E-state index contributed by atoms with van der Waals surface area (Å²) < 4.78 is 1.06. The highest BCUT2D eigenvalue weighted by atomic mass is 32.1. The third-order valence-electron chi connectivity index (χ3n) is 5.14. The fourth-order valence-corrected chi connectivity index (χ4v) is 4.55. The molecule has 4 nitrogen and oxygen atoms in total. The van der Waals surface area contributed by atoms with E-state index in [4.69, 9.17) is 0 Å². The van der Waals surface area contributed by atoms with Crippen molar-refractivity contribution in [1.29, 1.82) is 0 Å². The first-order chi connectivity index (χ1) is 14.4. The van der Waals surface area contributed by atoms with Crippen molar-refractivity contribution >= 4 is 39.0 Å². The van der Waals surface area contributed by atoms with Crippen molar-refractivity contribution in [1.82, 2.24) is 0 Å². The quantitative estimate of drug-likeness (QED) is 0.416. The number of carbonyl (C=O) groups excluding carboxylic acids is 1. The highest BCUT2D eigenvalue weighted by molar-refractivity contribution is 7.21. The zero-order valence-electron chi connectivity index (χ0n) is 16.7. The van der Waals surface area contributed by atoms with E-state index in [-0.39, 0.29) is 11.5 Å². The standard InChI is InChI=1S/C25H21NO3S/c1-15-7-10-17(11-8-15)13-20-19-5-3-4-6-22(19)30-23(20)24(27)26-21-14-18(25(28)29)12-9-16(21)2/h3-12,14H,13H2,1-2H3,(H,26,27)(H,28,29). The van der Waals surface area contributed by atoms with Gasteiger partial charge in [-0.25, -0.2) is 4.79 Å². The van der Waals surface area contributed by atoms with Gasteiger partial charge in [0.15, 0.2) is 0 Å². The Bertz CT molecular complexity index is 1260. The number of aryl methyl sites for hydroxylation is 2. The first-order valence-corrected chi connectivity index (χ1v) is 10.5. The average Bonchev–Trinajstić information content (AvgIpc) is 3.10. The molecule has 30 heavy (non-hydrogen) atoms. The number of aromatic carboxylic acids is 1. The van der Waals surface area contributed by atoms with E-state index in [1.165, 1.54) is 29.0 Å². The summed E-state index contributed by atoms with van der Waals surface area (Å²) in [5.74, 6) is -1.24. The Morgan fingerprint density at radius 2 is 1.70 bits per heavy atom. The van der Waals surface area contributed by atoms with Crippen LogP contribution in [0.25, 0.3) is 10.1 Å². The lowest BCUT2D eigenvalue weighted by Gasteiger charge is -2.10. The molecule has 150 valence electrons. The van der Waals surface area contributed by atoms with Gasteiger partial charge in [-0.1, -0.05) is 54.1 Å². The predicted octanol–water partition coefficient (Wildman–Crippen LogP) is 6.06. The summed E-state index contributed by atoms with van der Waals surface area (Å²) in [5.41, 5.74) is 4.80. The molecule has 0 atom stereocenters. The summed E-state index contributed by atoms with van der Waals surface area (Å²) in [5, 5.41) is 13.3. The second-order valence-corrected chi connectivity index (χ2v) is 8.41. The van der Waals surface area contributed by atoms with Crippen molar-refractivity contribution in [3.8, 4) is 0 Å². The minimum atomic E-state index is -1.02. The molecular formula is C25H21NO3S. The molecule has 0 aliphatic carbocycles. The van der Waals surface area contributed by atoms with Crippen LogP contribution < -0.4 is 5.32 Å². The fourth-order valence-electron chi connectivity index (χ4n) is 3.44. The number of hydrogen-bond acceptors (Lipinski definition) is 3. The number of anilines is 1. The minimum absolute atomic E-state index is 0.145. The third-order valence-corrected chi connectivity index (χ3v) is 6.35. The maximum absolute atomic E-state index is 13.2. The number of nitrogens with one attached hydrogen (secondary N) is 1. The minimum Gasteiger partial charge on any atom is -0.478 e. The van der Waals surface area contributed by atoms with Gasteiger partial charge in [0, 0.05) is 10.4 Å². The van der Waals surface area contributed by atoms with Gasteiger partial charge in [0.2, 0.25) is 0 Å². The van der Waals surface area contributed by atoms with Gasteiger partial charge in [0.05, 0.1) is 10.4 Å². The molecule has 3 aromatic carbocycles. The van der Waals surface area contributed by atoms with E-state index >= 15 is 0 Å². The number of amides is 1. The monoisotopic (exact) mass is 415 g/mol. The van der Waals surface area contributed by atoms with Crippen LogP contribution in [0.15, 0.2) is 66.7 Å². The van der Waals surface area contributed by atoms with Crippen molar-refractivity contribution < 1.29 is 14.7 Å².